The Morgan fingerprint density at radius 3 is 2.45 bits per heavy atom. The van der Waals surface area contributed by atoms with Gasteiger partial charge in [-0.25, -0.2) is 9.59 Å². The zero-order valence-corrected chi connectivity index (χ0v) is 12.7. The molecule has 2 unspecified atom stereocenters. The maximum Gasteiger partial charge on any atom is 0.326 e. The van der Waals surface area contributed by atoms with Crippen molar-refractivity contribution in [1.82, 2.24) is 9.80 Å². The summed E-state index contributed by atoms with van der Waals surface area (Å²) in [5.74, 6) is -0.229. The summed E-state index contributed by atoms with van der Waals surface area (Å²) >= 11 is 0. The molecule has 2 atom stereocenters. The lowest BCUT2D eigenvalue weighted by Crippen LogP contribution is -2.57. The zero-order valence-electron chi connectivity index (χ0n) is 12.7. The first-order valence-corrected chi connectivity index (χ1v) is 7.71. The van der Waals surface area contributed by atoms with Crippen LogP contribution in [0.25, 0.3) is 0 Å². The minimum absolute atomic E-state index is 0.0279. The van der Waals surface area contributed by atoms with Crippen LogP contribution < -0.4 is 0 Å². The minimum atomic E-state index is -0.874. The zero-order chi connectivity index (χ0) is 14.9. The topological polar surface area (TPSA) is 60.9 Å². The van der Waals surface area contributed by atoms with E-state index in [4.69, 9.17) is 0 Å². The highest BCUT2D eigenvalue weighted by Crippen LogP contribution is 2.32. The number of amides is 2. The maximum absolute atomic E-state index is 12.8. The van der Waals surface area contributed by atoms with E-state index in [0.717, 1.165) is 19.4 Å². The van der Waals surface area contributed by atoms with E-state index in [1.54, 1.807) is 4.90 Å². The monoisotopic (exact) mass is 282 g/mol. The van der Waals surface area contributed by atoms with Gasteiger partial charge in [0.15, 0.2) is 0 Å². The van der Waals surface area contributed by atoms with Gasteiger partial charge in [0.1, 0.15) is 6.04 Å². The number of aliphatic carboxylic acids is 1. The van der Waals surface area contributed by atoms with Crippen LogP contribution in [0.2, 0.25) is 0 Å². The fourth-order valence-corrected chi connectivity index (χ4v) is 3.03. The van der Waals surface area contributed by atoms with Crippen molar-refractivity contribution in [3.8, 4) is 0 Å². The number of nitrogens with zero attached hydrogens (tertiary/aromatic N) is 2. The van der Waals surface area contributed by atoms with Gasteiger partial charge in [0, 0.05) is 19.1 Å². The van der Waals surface area contributed by atoms with E-state index in [1.165, 1.54) is 12.8 Å². The molecule has 0 aromatic carbocycles. The predicted octanol–water partition coefficient (Wildman–Crippen LogP) is 2.41. The lowest BCUT2D eigenvalue weighted by atomic mass is 9.91. The van der Waals surface area contributed by atoms with E-state index >= 15 is 0 Å². The van der Waals surface area contributed by atoms with Gasteiger partial charge in [-0.3, -0.25) is 0 Å². The number of hydrogen-bond donors (Lipinski definition) is 1. The van der Waals surface area contributed by atoms with Gasteiger partial charge in [0.25, 0.3) is 0 Å². The van der Waals surface area contributed by atoms with Crippen molar-refractivity contribution in [3.63, 3.8) is 0 Å². The summed E-state index contributed by atoms with van der Waals surface area (Å²) in [4.78, 5) is 27.7. The molecule has 0 aromatic rings. The van der Waals surface area contributed by atoms with Gasteiger partial charge < -0.3 is 14.9 Å². The van der Waals surface area contributed by atoms with Crippen LogP contribution in [0.4, 0.5) is 4.79 Å². The first-order chi connectivity index (χ1) is 9.41. The molecule has 0 spiro atoms. The molecule has 2 fully saturated rings. The molecule has 0 aromatic heterocycles. The molecule has 0 bridgehead atoms. The molecule has 114 valence electrons. The van der Waals surface area contributed by atoms with E-state index in [2.05, 4.69) is 0 Å². The Kier molecular flexibility index (Phi) is 4.55. The number of urea groups is 1. The van der Waals surface area contributed by atoms with E-state index in [9.17, 15) is 14.7 Å². The van der Waals surface area contributed by atoms with Crippen LogP contribution in [-0.2, 0) is 4.79 Å². The SMILES string of the molecule is CC1CCCN(C(=O)N(CC2CC2)C(C)C)C1C(=O)O. The second kappa shape index (κ2) is 6.02. The molecule has 5 nitrogen and oxygen atoms in total. The van der Waals surface area contributed by atoms with Crippen LogP contribution in [0.3, 0.4) is 0 Å². The minimum Gasteiger partial charge on any atom is -0.480 e. The molecule has 1 saturated carbocycles. The second-order valence-corrected chi connectivity index (χ2v) is 6.57. The molecule has 20 heavy (non-hydrogen) atoms. The van der Waals surface area contributed by atoms with E-state index in [0.29, 0.717) is 12.5 Å². The van der Waals surface area contributed by atoms with Crippen molar-refractivity contribution in [2.75, 3.05) is 13.1 Å². The van der Waals surface area contributed by atoms with Gasteiger partial charge in [0.2, 0.25) is 0 Å². The summed E-state index contributed by atoms with van der Waals surface area (Å²) in [5, 5.41) is 9.43. The highest BCUT2D eigenvalue weighted by atomic mass is 16.4. The van der Waals surface area contributed by atoms with Crippen LogP contribution in [0.5, 0.6) is 0 Å². The van der Waals surface area contributed by atoms with Gasteiger partial charge >= 0.3 is 12.0 Å². The van der Waals surface area contributed by atoms with Crippen LogP contribution in [0.15, 0.2) is 0 Å². The molecule has 1 heterocycles. The maximum atomic E-state index is 12.8. The Morgan fingerprint density at radius 2 is 1.95 bits per heavy atom. The highest BCUT2D eigenvalue weighted by Gasteiger charge is 2.40. The number of carbonyl (C=O) groups is 2. The summed E-state index contributed by atoms with van der Waals surface area (Å²) in [7, 11) is 0. The molecule has 1 saturated heterocycles. The predicted molar refractivity (Wildman–Crippen MR) is 76.5 cm³/mol. The Hall–Kier alpha value is -1.26. The largest absolute Gasteiger partial charge is 0.480 e. The average molecular weight is 282 g/mol. The molecule has 5 heteroatoms. The Morgan fingerprint density at radius 1 is 1.30 bits per heavy atom. The van der Waals surface area contributed by atoms with Crippen molar-refractivity contribution >= 4 is 12.0 Å². The Labute approximate surface area is 120 Å². The van der Waals surface area contributed by atoms with Gasteiger partial charge in [0.05, 0.1) is 0 Å². The molecule has 0 radical (unpaired) electrons. The lowest BCUT2D eigenvalue weighted by molar-refractivity contribution is -0.145. The molecule has 1 aliphatic heterocycles. The van der Waals surface area contributed by atoms with Gasteiger partial charge in [-0.05, 0) is 51.4 Å². The molecule has 1 N–H and O–H groups in total. The smallest absolute Gasteiger partial charge is 0.326 e. The number of rotatable bonds is 4. The molecule has 2 aliphatic rings. The number of carbonyl (C=O) groups excluding carboxylic acids is 1. The first-order valence-electron chi connectivity index (χ1n) is 7.71. The highest BCUT2D eigenvalue weighted by molar-refractivity contribution is 5.83. The number of piperidine rings is 1. The summed E-state index contributed by atoms with van der Waals surface area (Å²) in [6.45, 7) is 7.27. The first kappa shape index (κ1) is 15.1. The normalized spacial score (nSPS) is 26.7. The second-order valence-electron chi connectivity index (χ2n) is 6.57. The summed E-state index contributed by atoms with van der Waals surface area (Å²) < 4.78 is 0. The van der Waals surface area contributed by atoms with Crippen molar-refractivity contribution in [1.29, 1.82) is 0 Å². The Balaban J connectivity index is 2.12. The Bertz CT molecular complexity index is 379. The van der Waals surface area contributed by atoms with E-state index < -0.39 is 12.0 Å². The fraction of sp³-hybridized carbons (Fsp3) is 0.867. The molecular formula is C15H26N2O3. The van der Waals surface area contributed by atoms with Crippen molar-refractivity contribution in [2.24, 2.45) is 11.8 Å². The molecular weight excluding hydrogens is 256 g/mol. The number of carboxylic acid groups (broad SMARTS) is 1. The lowest BCUT2D eigenvalue weighted by Gasteiger charge is -2.41. The fourth-order valence-electron chi connectivity index (χ4n) is 3.03. The third kappa shape index (κ3) is 3.25. The summed E-state index contributed by atoms with van der Waals surface area (Å²) in [6, 6.07) is -0.641. The third-order valence-corrected chi connectivity index (χ3v) is 4.45. The summed E-state index contributed by atoms with van der Waals surface area (Å²) in [6.07, 6.45) is 4.15. The van der Waals surface area contributed by atoms with Crippen LogP contribution >= 0.6 is 0 Å². The third-order valence-electron chi connectivity index (χ3n) is 4.45. The van der Waals surface area contributed by atoms with Crippen LogP contribution in [0.1, 0.15) is 46.5 Å². The van der Waals surface area contributed by atoms with Gasteiger partial charge in [-0.15, -0.1) is 0 Å². The van der Waals surface area contributed by atoms with Crippen LogP contribution in [0, 0.1) is 11.8 Å². The summed E-state index contributed by atoms with van der Waals surface area (Å²) in [5.41, 5.74) is 0. The average Bonchev–Trinajstić information content (AvgIpc) is 3.18. The quantitative estimate of drug-likeness (QED) is 0.861. The van der Waals surface area contributed by atoms with Gasteiger partial charge in [-0.1, -0.05) is 6.92 Å². The number of carboxylic acids is 1. The van der Waals surface area contributed by atoms with E-state index in [-0.39, 0.29) is 18.0 Å². The van der Waals surface area contributed by atoms with Crippen molar-refractivity contribution in [2.45, 2.75) is 58.5 Å². The van der Waals surface area contributed by atoms with Crippen LogP contribution in [-0.4, -0.2) is 52.1 Å². The molecule has 2 rings (SSSR count). The molecule has 2 amide bonds. The van der Waals surface area contributed by atoms with Gasteiger partial charge in [-0.2, -0.15) is 0 Å². The number of likely N-dealkylation sites (tertiary alicyclic amines) is 1. The van der Waals surface area contributed by atoms with Crippen molar-refractivity contribution in [3.05, 3.63) is 0 Å². The number of hydrogen-bond acceptors (Lipinski definition) is 2. The van der Waals surface area contributed by atoms with Crippen molar-refractivity contribution < 1.29 is 14.7 Å². The van der Waals surface area contributed by atoms with E-state index in [1.807, 2.05) is 25.7 Å². The standard InChI is InChI=1S/C15H26N2O3/c1-10(2)17(9-12-6-7-12)15(20)16-8-4-5-11(3)13(16)14(18)19/h10-13H,4-9H2,1-3H3,(H,18,19). The molecule has 1 aliphatic carbocycles.